The Labute approximate surface area is 176 Å². The second-order valence-electron chi connectivity index (χ2n) is 7.69. The summed E-state index contributed by atoms with van der Waals surface area (Å²) in [5.74, 6) is 0.417. The summed E-state index contributed by atoms with van der Waals surface area (Å²) in [5.41, 5.74) is 1.24. The zero-order valence-corrected chi connectivity index (χ0v) is 18.0. The van der Waals surface area contributed by atoms with E-state index in [2.05, 4.69) is 26.0 Å². The van der Waals surface area contributed by atoms with Gasteiger partial charge in [0.25, 0.3) is 0 Å². The Kier molecular flexibility index (Phi) is 8.64. The monoisotopic (exact) mass is 418 g/mol. The number of benzene rings is 1. The maximum atomic E-state index is 13.0. The number of guanidine groups is 1. The summed E-state index contributed by atoms with van der Waals surface area (Å²) in [6, 6.07) is 8.14. The number of hydrogen-bond donors (Lipinski definition) is 3. The predicted octanol–water partition coefficient (Wildman–Crippen LogP) is 2.63. The van der Waals surface area contributed by atoms with Gasteiger partial charge in [0, 0.05) is 39.3 Å². The van der Waals surface area contributed by atoms with Crippen LogP contribution in [0.15, 0.2) is 41.5 Å². The molecule has 8 nitrogen and oxygen atoms in total. The third-order valence-corrected chi connectivity index (χ3v) is 3.95. The summed E-state index contributed by atoms with van der Waals surface area (Å²) in [4.78, 5) is 15.8. The van der Waals surface area contributed by atoms with E-state index < -0.39 is 11.7 Å². The van der Waals surface area contributed by atoms with Gasteiger partial charge >= 0.3 is 6.09 Å². The lowest BCUT2D eigenvalue weighted by molar-refractivity contribution is 0.0527. The summed E-state index contributed by atoms with van der Waals surface area (Å²) in [6.07, 6.45) is 2.90. The number of carbonyl (C=O) groups is 1. The predicted molar refractivity (Wildman–Crippen MR) is 115 cm³/mol. The molecule has 0 spiro atoms. The zero-order chi connectivity index (χ0) is 22.0. The molecule has 0 radical (unpaired) electrons. The highest BCUT2D eigenvalue weighted by Gasteiger charge is 2.15. The van der Waals surface area contributed by atoms with Crippen molar-refractivity contribution in [2.75, 3.05) is 26.7 Å². The van der Waals surface area contributed by atoms with Gasteiger partial charge in [0.15, 0.2) is 5.96 Å². The lowest BCUT2D eigenvalue weighted by Gasteiger charge is -2.19. The molecule has 1 amide bonds. The molecular formula is C21H31FN6O2. The molecule has 0 saturated heterocycles. The number of aliphatic imine (C=N–C) groups is 1. The number of hydrogen-bond acceptors (Lipinski definition) is 4. The summed E-state index contributed by atoms with van der Waals surface area (Å²) in [5, 5.41) is 13.7. The summed E-state index contributed by atoms with van der Waals surface area (Å²) in [7, 11) is 1.71. The second-order valence-corrected chi connectivity index (χ2v) is 7.69. The number of alkyl carbamates (subject to hydrolysis) is 1. The van der Waals surface area contributed by atoms with Crippen molar-refractivity contribution in [3.8, 4) is 5.69 Å². The Balaban J connectivity index is 1.64. The fourth-order valence-corrected chi connectivity index (χ4v) is 2.56. The number of nitrogens with zero attached hydrogens (tertiary/aromatic N) is 3. The van der Waals surface area contributed by atoms with Crippen molar-refractivity contribution in [3.63, 3.8) is 0 Å². The number of ether oxygens (including phenoxy) is 1. The van der Waals surface area contributed by atoms with Crippen LogP contribution >= 0.6 is 0 Å². The highest BCUT2D eigenvalue weighted by molar-refractivity contribution is 5.79. The van der Waals surface area contributed by atoms with E-state index in [4.69, 9.17) is 4.74 Å². The van der Waals surface area contributed by atoms with Gasteiger partial charge in [-0.1, -0.05) is 0 Å². The highest BCUT2D eigenvalue weighted by atomic mass is 19.1. The van der Waals surface area contributed by atoms with Crippen LogP contribution in [0.3, 0.4) is 0 Å². The molecule has 1 aromatic heterocycles. The fraction of sp³-hybridized carbons (Fsp3) is 0.476. The zero-order valence-electron chi connectivity index (χ0n) is 18.0. The molecule has 0 bridgehead atoms. The van der Waals surface area contributed by atoms with Crippen LogP contribution in [-0.2, 0) is 11.2 Å². The molecule has 0 saturated carbocycles. The first-order valence-corrected chi connectivity index (χ1v) is 9.99. The smallest absolute Gasteiger partial charge is 0.407 e. The molecule has 1 aromatic carbocycles. The molecule has 0 aliphatic carbocycles. The van der Waals surface area contributed by atoms with E-state index in [1.807, 2.05) is 33.0 Å². The first kappa shape index (κ1) is 23.2. The van der Waals surface area contributed by atoms with Gasteiger partial charge in [0.1, 0.15) is 11.4 Å². The van der Waals surface area contributed by atoms with E-state index in [0.29, 0.717) is 25.6 Å². The van der Waals surface area contributed by atoms with Crippen LogP contribution in [0.2, 0.25) is 0 Å². The lowest BCUT2D eigenvalue weighted by Crippen LogP contribution is -2.40. The van der Waals surface area contributed by atoms with Crippen LogP contribution in [0.5, 0.6) is 0 Å². The topological polar surface area (TPSA) is 92.6 Å². The van der Waals surface area contributed by atoms with Gasteiger partial charge in [-0.05, 0) is 57.5 Å². The Hall–Kier alpha value is -3.10. The SMILES string of the molecule is CN=C(NCCCNC(=O)OC(C)(C)C)NCCc1ccn(-c2ccc(F)cc2)n1. The second kappa shape index (κ2) is 11.2. The molecule has 9 heteroatoms. The molecule has 2 aromatic rings. The van der Waals surface area contributed by atoms with Crippen molar-refractivity contribution in [1.82, 2.24) is 25.7 Å². The van der Waals surface area contributed by atoms with Crippen molar-refractivity contribution in [2.24, 2.45) is 4.99 Å². The minimum absolute atomic E-state index is 0.269. The Morgan fingerprint density at radius 2 is 1.77 bits per heavy atom. The van der Waals surface area contributed by atoms with Crippen molar-refractivity contribution in [3.05, 3.63) is 48.0 Å². The minimum atomic E-state index is -0.497. The number of aromatic nitrogens is 2. The van der Waals surface area contributed by atoms with Gasteiger partial charge in [0.2, 0.25) is 0 Å². The van der Waals surface area contributed by atoms with Gasteiger partial charge in [-0.2, -0.15) is 5.10 Å². The van der Waals surface area contributed by atoms with E-state index in [-0.39, 0.29) is 5.82 Å². The molecule has 2 rings (SSSR count). The fourth-order valence-electron chi connectivity index (χ4n) is 2.56. The van der Waals surface area contributed by atoms with Gasteiger partial charge in [-0.3, -0.25) is 4.99 Å². The Morgan fingerprint density at radius 1 is 1.10 bits per heavy atom. The van der Waals surface area contributed by atoms with Crippen LogP contribution in [0.25, 0.3) is 5.69 Å². The van der Waals surface area contributed by atoms with Crippen LogP contribution in [0, 0.1) is 5.82 Å². The molecule has 164 valence electrons. The quantitative estimate of drug-likeness (QED) is 0.348. The standard InChI is InChI=1S/C21H31FN6O2/c1-21(2,3)30-20(29)26-13-5-12-24-19(23-4)25-14-10-17-11-15-28(27-17)18-8-6-16(22)7-9-18/h6-9,11,15H,5,10,12-14H2,1-4H3,(H,26,29)(H2,23,24,25). The number of rotatable bonds is 8. The van der Waals surface area contributed by atoms with E-state index in [1.54, 1.807) is 23.9 Å². The average molecular weight is 419 g/mol. The van der Waals surface area contributed by atoms with Gasteiger partial charge in [0.05, 0.1) is 11.4 Å². The average Bonchev–Trinajstić information content (AvgIpc) is 3.14. The molecule has 0 unspecified atom stereocenters. The molecule has 0 fully saturated rings. The normalized spacial score (nSPS) is 11.8. The van der Waals surface area contributed by atoms with Crippen molar-refractivity contribution in [2.45, 2.75) is 39.2 Å². The van der Waals surface area contributed by atoms with Crippen molar-refractivity contribution < 1.29 is 13.9 Å². The third-order valence-electron chi connectivity index (χ3n) is 3.95. The molecule has 0 aliphatic heterocycles. The Morgan fingerprint density at radius 3 is 2.43 bits per heavy atom. The largest absolute Gasteiger partial charge is 0.444 e. The first-order valence-electron chi connectivity index (χ1n) is 9.99. The van der Waals surface area contributed by atoms with E-state index in [0.717, 1.165) is 24.2 Å². The maximum Gasteiger partial charge on any atom is 0.407 e. The van der Waals surface area contributed by atoms with Gasteiger partial charge in [-0.15, -0.1) is 0 Å². The minimum Gasteiger partial charge on any atom is -0.444 e. The van der Waals surface area contributed by atoms with Crippen LogP contribution in [0.1, 0.15) is 32.9 Å². The van der Waals surface area contributed by atoms with E-state index in [9.17, 15) is 9.18 Å². The Bertz CT molecular complexity index is 827. The first-order chi connectivity index (χ1) is 14.3. The number of halogens is 1. The maximum absolute atomic E-state index is 13.0. The molecule has 30 heavy (non-hydrogen) atoms. The summed E-state index contributed by atoms with van der Waals surface area (Å²) in [6.45, 7) is 7.33. The van der Waals surface area contributed by atoms with Crippen LogP contribution in [0.4, 0.5) is 9.18 Å². The molecular weight excluding hydrogens is 387 g/mol. The van der Waals surface area contributed by atoms with Gasteiger partial charge in [-0.25, -0.2) is 13.9 Å². The third kappa shape index (κ3) is 8.50. The highest BCUT2D eigenvalue weighted by Crippen LogP contribution is 2.09. The van der Waals surface area contributed by atoms with Crippen molar-refractivity contribution >= 4 is 12.1 Å². The number of carbonyl (C=O) groups excluding carboxylic acids is 1. The lowest BCUT2D eigenvalue weighted by atomic mass is 10.2. The summed E-state index contributed by atoms with van der Waals surface area (Å²) < 4.78 is 19.9. The molecule has 3 N–H and O–H groups in total. The van der Waals surface area contributed by atoms with E-state index in [1.165, 1.54) is 12.1 Å². The summed E-state index contributed by atoms with van der Waals surface area (Å²) >= 11 is 0. The van der Waals surface area contributed by atoms with Crippen LogP contribution in [-0.4, -0.2) is 54.1 Å². The van der Waals surface area contributed by atoms with Crippen molar-refractivity contribution in [1.29, 1.82) is 0 Å². The molecule has 0 aliphatic rings. The van der Waals surface area contributed by atoms with Crippen LogP contribution < -0.4 is 16.0 Å². The number of amides is 1. The molecule has 0 atom stereocenters. The van der Waals surface area contributed by atoms with E-state index >= 15 is 0 Å². The molecule has 1 heterocycles. The van der Waals surface area contributed by atoms with Gasteiger partial charge < -0.3 is 20.7 Å². The number of nitrogens with one attached hydrogen (secondary N) is 3.